The van der Waals surface area contributed by atoms with E-state index >= 15 is 0 Å². The fourth-order valence-electron chi connectivity index (χ4n) is 1.28. The van der Waals surface area contributed by atoms with Crippen LogP contribution in [0.5, 0.6) is 5.75 Å². The predicted molar refractivity (Wildman–Crippen MR) is 66.2 cm³/mol. The highest BCUT2D eigenvalue weighted by molar-refractivity contribution is 5.94. The standard InChI is InChI=1S/C13H19NO3/c1-3-8-17-12-6-4-11(5-7-12)13(16)14-10(2)9-15/h4-7,10,15H,3,8-9H2,1-2H3,(H,14,16)/t10-/m0/s1. The van der Waals surface area contributed by atoms with Gasteiger partial charge in [-0.15, -0.1) is 0 Å². The van der Waals surface area contributed by atoms with E-state index in [2.05, 4.69) is 5.32 Å². The third-order valence-corrected chi connectivity index (χ3v) is 2.24. The van der Waals surface area contributed by atoms with Crippen LogP contribution in [0.4, 0.5) is 0 Å². The highest BCUT2D eigenvalue weighted by Gasteiger charge is 2.08. The Morgan fingerprint density at radius 1 is 1.41 bits per heavy atom. The van der Waals surface area contributed by atoms with Crippen LogP contribution in [0.3, 0.4) is 0 Å². The second-order valence-electron chi connectivity index (χ2n) is 3.93. The van der Waals surface area contributed by atoms with Crippen LogP contribution in [0.1, 0.15) is 30.6 Å². The lowest BCUT2D eigenvalue weighted by molar-refractivity contribution is 0.0922. The van der Waals surface area contributed by atoms with Crippen LogP contribution in [0, 0.1) is 0 Å². The Bertz CT molecular complexity index is 348. The molecule has 0 fully saturated rings. The summed E-state index contributed by atoms with van der Waals surface area (Å²) in [6.07, 6.45) is 0.955. The van der Waals surface area contributed by atoms with Gasteiger partial charge in [-0.05, 0) is 37.6 Å². The van der Waals surface area contributed by atoms with Gasteiger partial charge in [0.15, 0.2) is 0 Å². The Hall–Kier alpha value is -1.55. The largest absolute Gasteiger partial charge is 0.494 e. The first-order valence-corrected chi connectivity index (χ1v) is 5.82. The normalized spacial score (nSPS) is 11.9. The van der Waals surface area contributed by atoms with E-state index in [1.54, 1.807) is 31.2 Å². The molecular formula is C13H19NO3. The van der Waals surface area contributed by atoms with Gasteiger partial charge in [-0.1, -0.05) is 6.92 Å². The number of carbonyl (C=O) groups excluding carboxylic acids is 1. The van der Waals surface area contributed by atoms with Crippen molar-refractivity contribution in [2.45, 2.75) is 26.3 Å². The van der Waals surface area contributed by atoms with E-state index < -0.39 is 0 Å². The molecule has 0 aliphatic rings. The second kappa shape index (κ2) is 6.91. The first-order valence-electron chi connectivity index (χ1n) is 5.82. The molecule has 1 aromatic carbocycles. The Morgan fingerprint density at radius 2 is 2.06 bits per heavy atom. The number of ether oxygens (including phenoxy) is 1. The summed E-state index contributed by atoms with van der Waals surface area (Å²) in [6, 6.07) is 6.73. The molecule has 0 heterocycles. The van der Waals surface area contributed by atoms with Gasteiger partial charge in [0, 0.05) is 11.6 Å². The van der Waals surface area contributed by atoms with Gasteiger partial charge >= 0.3 is 0 Å². The quantitative estimate of drug-likeness (QED) is 0.790. The zero-order valence-corrected chi connectivity index (χ0v) is 10.3. The van der Waals surface area contributed by atoms with E-state index in [1.165, 1.54) is 0 Å². The number of benzene rings is 1. The van der Waals surface area contributed by atoms with Crippen molar-refractivity contribution in [2.75, 3.05) is 13.2 Å². The lowest BCUT2D eigenvalue weighted by Gasteiger charge is -2.11. The first-order chi connectivity index (χ1) is 8.17. The molecule has 2 N–H and O–H groups in total. The van der Waals surface area contributed by atoms with Crippen LogP contribution >= 0.6 is 0 Å². The highest BCUT2D eigenvalue weighted by Crippen LogP contribution is 2.12. The summed E-state index contributed by atoms with van der Waals surface area (Å²) in [5.74, 6) is 0.576. The van der Waals surface area contributed by atoms with Gasteiger partial charge in [-0.2, -0.15) is 0 Å². The fourth-order valence-corrected chi connectivity index (χ4v) is 1.28. The molecule has 17 heavy (non-hydrogen) atoms. The maximum Gasteiger partial charge on any atom is 0.251 e. The van der Waals surface area contributed by atoms with Crippen molar-refractivity contribution in [1.29, 1.82) is 0 Å². The molecule has 4 heteroatoms. The molecule has 0 aliphatic heterocycles. The highest BCUT2D eigenvalue weighted by atomic mass is 16.5. The monoisotopic (exact) mass is 237 g/mol. The van der Waals surface area contributed by atoms with E-state index in [4.69, 9.17) is 9.84 Å². The van der Waals surface area contributed by atoms with Crippen LogP contribution in [0.15, 0.2) is 24.3 Å². The zero-order valence-electron chi connectivity index (χ0n) is 10.3. The first kappa shape index (κ1) is 13.5. The zero-order chi connectivity index (χ0) is 12.7. The second-order valence-corrected chi connectivity index (χ2v) is 3.93. The number of aliphatic hydroxyl groups is 1. The van der Waals surface area contributed by atoms with Crippen LogP contribution in [-0.4, -0.2) is 30.3 Å². The minimum atomic E-state index is -0.237. The van der Waals surface area contributed by atoms with Crippen LogP contribution in [0.25, 0.3) is 0 Å². The summed E-state index contributed by atoms with van der Waals surface area (Å²) < 4.78 is 5.42. The molecule has 94 valence electrons. The molecule has 0 saturated heterocycles. The lowest BCUT2D eigenvalue weighted by Crippen LogP contribution is -2.34. The molecule has 1 amide bonds. The smallest absolute Gasteiger partial charge is 0.251 e. The molecule has 0 bridgehead atoms. The molecule has 0 aromatic heterocycles. The Kier molecular flexibility index (Phi) is 5.49. The maximum atomic E-state index is 11.7. The summed E-state index contributed by atoms with van der Waals surface area (Å²) in [6.45, 7) is 4.39. The molecule has 1 atom stereocenters. The number of amides is 1. The molecule has 0 radical (unpaired) electrons. The Labute approximate surface area is 102 Å². The molecule has 0 spiro atoms. The Balaban J connectivity index is 2.57. The molecule has 0 unspecified atom stereocenters. The van der Waals surface area contributed by atoms with Crippen molar-refractivity contribution >= 4 is 5.91 Å². The lowest BCUT2D eigenvalue weighted by atomic mass is 10.2. The minimum Gasteiger partial charge on any atom is -0.494 e. The van der Waals surface area contributed by atoms with Gasteiger partial charge in [-0.3, -0.25) is 4.79 Å². The van der Waals surface area contributed by atoms with Crippen LogP contribution in [-0.2, 0) is 0 Å². The van der Waals surface area contributed by atoms with Crippen molar-refractivity contribution in [3.05, 3.63) is 29.8 Å². The number of hydrogen-bond donors (Lipinski definition) is 2. The summed E-state index contributed by atoms with van der Waals surface area (Å²) in [5, 5.41) is 11.5. The summed E-state index contributed by atoms with van der Waals surface area (Å²) in [5.41, 5.74) is 0.564. The fraction of sp³-hybridized carbons (Fsp3) is 0.462. The predicted octanol–water partition coefficient (Wildman–Crippen LogP) is 1.59. The number of carbonyl (C=O) groups is 1. The van der Waals surface area contributed by atoms with E-state index in [1.807, 2.05) is 6.92 Å². The molecule has 1 rings (SSSR count). The van der Waals surface area contributed by atoms with Crippen LogP contribution < -0.4 is 10.1 Å². The van der Waals surface area contributed by atoms with Gasteiger partial charge < -0.3 is 15.2 Å². The molecule has 0 saturated carbocycles. The topological polar surface area (TPSA) is 58.6 Å². The number of aliphatic hydroxyl groups excluding tert-OH is 1. The number of nitrogens with one attached hydrogen (secondary N) is 1. The summed E-state index contributed by atoms with van der Waals surface area (Å²) in [4.78, 5) is 11.7. The Morgan fingerprint density at radius 3 is 2.59 bits per heavy atom. The van der Waals surface area contributed by atoms with Gasteiger partial charge in [-0.25, -0.2) is 0 Å². The van der Waals surface area contributed by atoms with Crippen molar-refractivity contribution in [1.82, 2.24) is 5.32 Å². The number of rotatable bonds is 6. The van der Waals surface area contributed by atoms with Crippen molar-refractivity contribution < 1.29 is 14.6 Å². The molecule has 0 aliphatic carbocycles. The van der Waals surface area contributed by atoms with Crippen molar-refractivity contribution in [3.8, 4) is 5.75 Å². The molecule has 1 aromatic rings. The van der Waals surface area contributed by atoms with E-state index in [-0.39, 0.29) is 18.6 Å². The van der Waals surface area contributed by atoms with Gasteiger partial charge in [0.1, 0.15) is 5.75 Å². The van der Waals surface area contributed by atoms with Gasteiger partial charge in [0.2, 0.25) is 0 Å². The van der Waals surface area contributed by atoms with Crippen molar-refractivity contribution in [2.24, 2.45) is 0 Å². The van der Waals surface area contributed by atoms with Crippen molar-refractivity contribution in [3.63, 3.8) is 0 Å². The van der Waals surface area contributed by atoms with Gasteiger partial charge in [0.25, 0.3) is 5.91 Å². The van der Waals surface area contributed by atoms with E-state index in [9.17, 15) is 4.79 Å². The van der Waals surface area contributed by atoms with Crippen LogP contribution in [0.2, 0.25) is 0 Å². The average molecular weight is 237 g/mol. The number of hydrogen-bond acceptors (Lipinski definition) is 3. The van der Waals surface area contributed by atoms with Gasteiger partial charge in [0.05, 0.1) is 13.2 Å². The minimum absolute atomic E-state index is 0.0660. The molecule has 4 nitrogen and oxygen atoms in total. The molecular weight excluding hydrogens is 218 g/mol. The third-order valence-electron chi connectivity index (χ3n) is 2.24. The van der Waals surface area contributed by atoms with E-state index in [0.29, 0.717) is 12.2 Å². The van der Waals surface area contributed by atoms with E-state index in [0.717, 1.165) is 12.2 Å². The summed E-state index contributed by atoms with van der Waals surface area (Å²) in [7, 11) is 0. The SMILES string of the molecule is CCCOc1ccc(C(=O)N[C@@H](C)CO)cc1. The maximum absolute atomic E-state index is 11.7. The average Bonchev–Trinajstić information content (AvgIpc) is 2.36. The summed E-state index contributed by atoms with van der Waals surface area (Å²) >= 11 is 0. The third kappa shape index (κ3) is 4.44.